The van der Waals surface area contributed by atoms with Crippen LogP contribution in [0.1, 0.15) is 12.5 Å². The van der Waals surface area contributed by atoms with Crippen molar-refractivity contribution in [3.63, 3.8) is 0 Å². The van der Waals surface area contributed by atoms with Crippen molar-refractivity contribution >= 4 is 33.3 Å². The minimum atomic E-state index is -3.60. The molecule has 2 aliphatic heterocycles. The number of hydrogen-bond donors (Lipinski definition) is 0. The number of sulfonamides is 1. The van der Waals surface area contributed by atoms with Gasteiger partial charge in [0.05, 0.1) is 18.0 Å². The van der Waals surface area contributed by atoms with Crippen molar-refractivity contribution in [3.8, 4) is 0 Å². The van der Waals surface area contributed by atoms with Crippen LogP contribution in [0, 0.1) is 0 Å². The summed E-state index contributed by atoms with van der Waals surface area (Å²) in [6.45, 7) is 5.95. The van der Waals surface area contributed by atoms with Crippen LogP contribution in [-0.2, 0) is 16.4 Å². The number of aliphatic imine (C=N–C) groups is 1. The summed E-state index contributed by atoms with van der Waals surface area (Å²) in [7, 11) is -3.60. The van der Waals surface area contributed by atoms with Gasteiger partial charge in [0.15, 0.2) is 0 Å². The lowest BCUT2D eigenvalue weighted by Gasteiger charge is -2.38. The van der Waals surface area contributed by atoms with Gasteiger partial charge < -0.3 is 9.80 Å². The predicted molar refractivity (Wildman–Crippen MR) is 117 cm³/mol. The van der Waals surface area contributed by atoms with Crippen LogP contribution in [0.25, 0.3) is 0 Å². The quantitative estimate of drug-likeness (QED) is 0.745. The Morgan fingerprint density at radius 3 is 2.31 bits per heavy atom. The molecule has 0 bridgehead atoms. The van der Waals surface area contributed by atoms with Crippen molar-refractivity contribution < 1.29 is 8.42 Å². The molecule has 6 nitrogen and oxygen atoms in total. The maximum absolute atomic E-state index is 13.2. The second kappa shape index (κ2) is 8.24. The van der Waals surface area contributed by atoms with Crippen LogP contribution < -0.4 is 4.90 Å². The Hall–Kier alpha value is -2.25. The first-order valence-electron chi connectivity index (χ1n) is 9.90. The molecule has 0 saturated carbocycles. The van der Waals surface area contributed by atoms with Gasteiger partial charge >= 0.3 is 0 Å². The van der Waals surface area contributed by atoms with Crippen LogP contribution in [0.5, 0.6) is 0 Å². The van der Waals surface area contributed by atoms with E-state index in [1.807, 2.05) is 36.4 Å². The van der Waals surface area contributed by atoms with Gasteiger partial charge in [-0.2, -0.15) is 0 Å². The second-order valence-corrected chi connectivity index (χ2v) is 9.51. The Labute approximate surface area is 177 Å². The van der Waals surface area contributed by atoms with Gasteiger partial charge in [0.25, 0.3) is 10.0 Å². The number of rotatable bonds is 4. The van der Waals surface area contributed by atoms with E-state index in [-0.39, 0.29) is 0 Å². The zero-order valence-electron chi connectivity index (χ0n) is 16.5. The topological polar surface area (TPSA) is 56.2 Å². The molecule has 0 unspecified atom stereocenters. The summed E-state index contributed by atoms with van der Waals surface area (Å²) in [6, 6.07) is 15.0. The van der Waals surface area contributed by atoms with Crippen LogP contribution in [0.2, 0.25) is 5.02 Å². The molecular formula is C21H25ClN4O2S. The van der Waals surface area contributed by atoms with Crippen molar-refractivity contribution in [1.29, 1.82) is 0 Å². The van der Waals surface area contributed by atoms with Gasteiger partial charge in [0.2, 0.25) is 5.96 Å². The molecule has 0 amide bonds. The zero-order chi connectivity index (χ0) is 20.4. The molecule has 0 aliphatic carbocycles. The Kier molecular flexibility index (Phi) is 5.69. The van der Waals surface area contributed by atoms with Gasteiger partial charge in [-0.3, -0.25) is 4.99 Å². The van der Waals surface area contributed by atoms with Crippen molar-refractivity contribution in [2.24, 2.45) is 4.99 Å². The summed E-state index contributed by atoms with van der Waals surface area (Å²) in [5.74, 6) is 0.565. The highest BCUT2D eigenvalue weighted by molar-refractivity contribution is 7.89. The fraction of sp³-hybridized carbons (Fsp3) is 0.381. The number of hydrogen-bond acceptors (Lipinski definition) is 5. The third-order valence-electron chi connectivity index (χ3n) is 5.43. The van der Waals surface area contributed by atoms with Gasteiger partial charge in [-0.15, -0.1) is 0 Å². The van der Waals surface area contributed by atoms with E-state index in [0.29, 0.717) is 37.0 Å². The Morgan fingerprint density at radius 2 is 1.66 bits per heavy atom. The standard InChI is InChI=1S/C21H25ClN4O2S/c1-2-17-6-8-20(9-7-17)29(27,28)26-11-10-23-21(26)25-14-12-24(13-15-25)19-5-3-4-18(22)16-19/h3-9,16H,2,10-15H2,1H3. The maximum Gasteiger partial charge on any atom is 0.266 e. The average molecular weight is 433 g/mol. The third kappa shape index (κ3) is 4.07. The fourth-order valence-electron chi connectivity index (χ4n) is 3.77. The van der Waals surface area contributed by atoms with Crippen LogP contribution in [-0.4, -0.2) is 62.9 Å². The smallest absolute Gasteiger partial charge is 0.266 e. The number of nitrogens with zero attached hydrogens (tertiary/aromatic N) is 4. The highest BCUT2D eigenvalue weighted by atomic mass is 35.5. The first kappa shape index (κ1) is 20.0. The molecule has 2 aromatic carbocycles. The Morgan fingerprint density at radius 1 is 0.966 bits per heavy atom. The molecular weight excluding hydrogens is 408 g/mol. The fourth-order valence-corrected chi connectivity index (χ4v) is 5.40. The Bertz CT molecular complexity index is 1000. The van der Waals surface area contributed by atoms with Crippen molar-refractivity contribution in [2.75, 3.05) is 44.2 Å². The summed E-state index contributed by atoms with van der Waals surface area (Å²) in [5.41, 5.74) is 2.21. The van der Waals surface area contributed by atoms with E-state index in [0.717, 1.165) is 35.8 Å². The molecule has 2 aromatic rings. The lowest BCUT2D eigenvalue weighted by molar-refractivity contribution is 0.358. The van der Waals surface area contributed by atoms with Gasteiger partial charge in [-0.1, -0.05) is 36.7 Å². The first-order chi connectivity index (χ1) is 14.0. The number of halogens is 1. The summed E-state index contributed by atoms with van der Waals surface area (Å²) in [6.07, 6.45) is 0.883. The summed E-state index contributed by atoms with van der Waals surface area (Å²) >= 11 is 6.11. The minimum Gasteiger partial charge on any atom is -0.368 e. The van der Waals surface area contributed by atoms with Gasteiger partial charge in [-0.05, 0) is 42.3 Å². The lowest BCUT2D eigenvalue weighted by Crippen LogP contribution is -2.53. The summed E-state index contributed by atoms with van der Waals surface area (Å²) in [5, 5.41) is 0.719. The van der Waals surface area contributed by atoms with Gasteiger partial charge in [-0.25, -0.2) is 12.7 Å². The molecule has 1 fully saturated rings. The normalized spacial score (nSPS) is 17.6. The molecule has 0 spiro atoms. The molecule has 4 rings (SSSR count). The third-order valence-corrected chi connectivity index (χ3v) is 7.46. The van der Waals surface area contributed by atoms with E-state index in [4.69, 9.17) is 11.6 Å². The first-order valence-corrected chi connectivity index (χ1v) is 11.7. The van der Waals surface area contributed by atoms with Crippen LogP contribution in [0.15, 0.2) is 58.4 Å². The molecule has 0 atom stereocenters. The van der Waals surface area contributed by atoms with Crippen molar-refractivity contribution in [3.05, 3.63) is 59.1 Å². The summed E-state index contributed by atoms with van der Waals surface area (Å²) in [4.78, 5) is 9.19. The number of benzene rings is 2. The van der Waals surface area contributed by atoms with E-state index in [1.54, 1.807) is 12.1 Å². The molecule has 2 heterocycles. The van der Waals surface area contributed by atoms with Crippen LogP contribution in [0.3, 0.4) is 0 Å². The van der Waals surface area contributed by atoms with Crippen molar-refractivity contribution in [1.82, 2.24) is 9.21 Å². The number of anilines is 1. The predicted octanol–water partition coefficient (Wildman–Crippen LogP) is 3.08. The van der Waals surface area contributed by atoms with E-state index in [1.165, 1.54) is 4.31 Å². The highest BCUT2D eigenvalue weighted by Gasteiger charge is 2.34. The van der Waals surface area contributed by atoms with E-state index < -0.39 is 10.0 Å². The number of aryl methyl sites for hydroxylation is 1. The second-order valence-electron chi connectivity index (χ2n) is 7.21. The SMILES string of the molecule is CCc1ccc(S(=O)(=O)N2CCN=C2N2CCN(c3cccc(Cl)c3)CC2)cc1. The molecule has 8 heteroatoms. The van der Waals surface area contributed by atoms with Gasteiger partial charge in [0, 0.05) is 36.9 Å². The average Bonchev–Trinajstić information content (AvgIpc) is 3.25. The molecule has 0 aromatic heterocycles. The van der Waals surface area contributed by atoms with Crippen LogP contribution >= 0.6 is 11.6 Å². The Balaban J connectivity index is 1.47. The molecule has 0 radical (unpaired) electrons. The van der Waals surface area contributed by atoms with Crippen LogP contribution in [0.4, 0.5) is 5.69 Å². The zero-order valence-corrected chi connectivity index (χ0v) is 18.0. The molecule has 1 saturated heterocycles. The van der Waals surface area contributed by atoms with Gasteiger partial charge in [0.1, 0.15) is 0 Å². The van der Waals surface area contributed by atoms with E-state index in [9.17, 15) is 8.42 Å². The monoisotopic (exact) mass is 432 g/mol. The maximum atomic E-state index is 13.2. The molecule has 154 valence electrons. The van der Waals surface area contributed by atoms with E-state index >= 15 is 0 Å². The highest BCUT2D eigenvalue weighted by Crippen LogP contribution is 2.24. The lowest BCUT2D eigenvalue weighted by atomic mass is 10.2. The van der Waals surface area contributed by atoms with E-state index in [2.05, 4.69) is 21.7 Å². The number of piperazine rings is 1. The minimum absolute atomic E-state index is 0.321. The largest absolute Gasteiger partial charge is 0.368 e. The molecule has 0 N–H and O–H groups in total. The molecule has 29 heavy (non-hydrogen) atoms. The molecule has 2 aliphatic rings. The number of guanidine groups is 1. The summed E-state index contributed by atoms with van der Waals surface area (Å²) < 4.78 is 27.9. The van der Waals surface area contributed by atoms with Crippen molar-refractivity contribution in [2.45, 2.75) is 18.2 Å².